The van der Waals surface area contributed by atoms with Gasteiger partial charge in [0, 0.05) is 37.6 Å². The van der Waals surface area contributed by atoms with Gasteiger partial charge in [-0.3, -0.25) is 4.79 Å². The van der Waals surface area contributed by atoms with Crippen LogP contribution in [0.1, 0.15) is 48.4 Å². The molecule has 0 aliphatic carbocycles. The number of anilines is 2. The van der Waals surface area contributed by atoms with Crippen LogP contribution in [0, 0.1) is 6.92 Å². The maximum Gasteiger partial charge on any atom is 0.274 e. The molecule has 6 heteroatoms. The Bertz CT molecular complexity index is 797. The fourth-order valence-electron chi connectivity index (χ4n) is 3.38. The van der Waals surface area contributed by atoms with Crippen LogP contribution in [0.2, 0.25) is 0 Å². The molecule has 144 valence electrons. The first-order valence-electron chi connectivity index (χ1n) is 9.71. The number of para-hydroxylation sites is 1. The highest BCUT2D eigenvalue weighted by atomic mass is 16.1. The van der Waals surface area contributed by atoms with E-state index in [1.807, 2.05) is 31.2 Å². The van der Waals surface area contributed by atoms with Gasteiger partial charge in [0.05, 0.1) is 0 Å². The molecule has 0 unspecified atom stereocenters. The molecule has 1 aromatic heterocycles. The highest BCUT2D eigenvalue weighted by Gasteiger charge is 2.20. The van der Waals surface area contributed by atoms with E-state index in [9.17, 15) is 4.79 Å². The summed E-state index contributed by atoms with van der Waals surface area (Å²) in [6, 6.07) is 9.66. The Morgan fingerprint density at radius 1 is 1.15 bits per heavy atom. The van der Waals surface area contributed by atoms with Gasteiger partial charge in [0.1, 0.15) is 5.69 Å². The minimum Gasteiger partial charge on any atom is -0.338 e. The quantitative estimate of drug-likeness (QED) is 0.879. The number of nitrogens with one attached hydrogen (secondary N) is 1. The number of rotatable bonds is 5. The fraction of sp³-hybridized carbons (Fsp3) is 0.476. The van der Waals surface area contributed by atoms with E-state index < -0.39 is 0 Å². The Morgan fingerprint density at radius 2 is 1.85 bits per heavy atom. The van der Waals surface area contributed by atoms with Gasteiger partial charge in [-0.1, -0.05) is 39.0 Å². The number of piperazine rings is 1. The Labute approximate surface area is 161 Å². The summed E-state index contributed by atoms with van der Waals surface area (Å²) in [5.41, 5.74) is 3.17. The summed E-state index contributed by atoms with van der Waals surface area (Å²) in [4.78, 5) is 26.5. The van der Waals surface area contributed by atoms with Gasteiger partial charge in [-0.25, -0.2) is 9.97 Å². The number of carbonyl (C=O) groups is 1. The number of likely N-dealkylation sites (N-methyl/N-ethyl adjacent to an activating group) is 1. The maximum absolute atomic E-state index is 12.8. The molecular weight excluding hydrogens is 338 g/mol. The van der Waals surface area contributed by atoms with E-state index >= 15 is 0 Å². The van der Waals surface area contributed by atoms with Crippen molar-refractivity contribution in [3.8, 4) is 0 Å². The zero-order chi connectivity index (χ0) is 19.4. The summed E-state index contributed by atoms with van der Waals surface area (Å²) in [7, 11) is 0. The summed E-state index contributed by atoms with van der Waals surface area (Å²) in [5, 5.41) is 3.03. The summed E-state index contributed by atoms with van der Waals surface area (Å²) in [5.74, 6) is 0.786. The van der Waals surface area contributed by atoms with Crippen molar-refractivity contribution in [2.75, 3.05) is 42.9 Å². The summed E-state index contributed by atoms with van der Waals surface area (Å²) in [6.45, 7) is 13.1. The highest BCUT2D eigenvalue weighted by Crippen LogP contribution is 2.24. The molecule has 1 aromatic carbocycles. The van der Waals surface area contributed by atoms with E-state index in [1.54, 1.807) is 6.07 Å². The lowest BCUT2D eigenvalue weighted by Crippen LogP contribution is -2.47. The molecule has 0 spiro atoms. The van der Waals surface area contributed by atoms with E-state index in [1.165, 1.54) is 0 Å². The second-order valence-corrected chi connectivity index (χ2v) is 7.31. The lowest BCUT2D eigenvalue weighted by Gasteiger charge is -2.34. The third-order valence-corrected chi connectivity index (χ3v) is 5.01. The molecular formula is C21H29N5O. The van der Waals surface area contributed by atoms with Crippen molar-refractivity contribution >= 4 is 17.5 Å². The molecule has 0 radical (unpaired) electrons. The van der Waals surface area contributed by atoms with Crippen molar-refractivity contribution in [3.05, 3.63) is 47.3 Å². The van der Waals surface area contributed by atoms with Crippen LogP contribution in [0.25, 0.3) is 0 Å². The number of benzene rings is 1. The average Bonchev–Trinajstić information content (AvgIpc) is 2.67. The Balaban J connectivity index is 1.79. The van der Waals surface area contributed by atoms with Crippen LogP contribution in [0.3, 0.4) is 0 Å². The summed E-state index contributed by atoms with van der Waals surface area (Å²) in [6.07, 6.45) is 0. The van der Waals surface area contributed by atoms with E-state index in [-0.39, 0.29) is 5.91 Å². The van der Waals surface area contributed by atoms with Gasteiger partial charge in [-0.2, -0.15) is 0 Å². The lowest BCUT2D eigenvalue weighted by molar-refractivity contribution is 0.102. The number of nitrogens with zero attached hydrogens (tertiary/aromatic N) is 4. The number of hydrogen-bond donors (Lipinski definition) is 1. The summed E-state index contributed by atoms with van der Waals surface area (Å²) < 4.78 is 0. The molecule has 2 heterocycles. The first-order chi connectivity index (χ1) is 13.0. The first kappa shape index (κ1) is 19.3. The number of aromatic nitrogens is 2. The van der Waals surface area contributed by atoms with Crippen molar-refractivity contribution < 1.29 is 4.79 Å². The number of amides is 1. The molecule has 1 fully saturated rings. The van der Waals surface area contributed by atoms with Crippen LogP contribution in [-0.4, -0.2) is 53.5 Å². The van der Waals surface area contributed by atoms with Gasteiger partial charge in [0.15, 0.2) is 0 Å². The van der Waals surface area contributed by atoms with E-state index in [4.69, 9.17) is 0 Å². The van der Waals surface area contributed by atoms with Gasteiger partial charge in [-0.15, -0.1) is 0 Å². The van der Waals surface area contributed by atoms with Gasteiger partial charge in [-0.05, 0) is 37.1 Å². The SMILES string of the molecule is CCN1CCN(c2nc(C)cc(C(=O)Nc3ccccc3C(C)C)n2)CC1. The zero-order valence-electron chi connectivity index (χ0n) is 16.7. The molecule has 0 saturated carbocycles. The normalized spacial score (nSPS) is 15.2. The average molecular weight is 367 g/mol. The summed E-state index contributed by atoms with van der Waals surface area (Å²) >= 11 is 0. The van der Waals surface area contributed by atoms with Crippen LogP contribution in [0.4, 0.5) is 11.6 Å². The van der Waals surface area contributed by atoms with Crippen molar-refractivity contribution in [2.24, 2.45) is 0 Å². The molecule has 1 amide bonds. The minimum atomic E-state index is -0.193. The Kier molecular flexibility index (Phi) is 6.06. The monoisotopic (exact) mass is 367 g/mol. The van der Waals surface area contributed by atoms with E-state index in [0.29, 0.717) is 17.6 Å². The maximum atomic E-state index is 12.8. The fourth-order valence-corrected chi connectivity index (χ4v) is 3.38. The van der Waals surface area contributed by atoms with Crippen LogP contribution in [-0.2, 0) is 0 Å². The van der Waals surface area contributed by atoms with Gasteiger partial charge >= 0.3 is 0 Å². The molecule has 27 heavy (non-hydrogen) atoms. The van der Waals surface area contributed by atoms with Crippen molar-refractivity contribution in [1.29, 1.82) is 0 Å². The third-order valence-electron chi connectivity index (χ3n) is 5.01. The van der Waals surface area contributed by atoms with Crippen molar-refractivity contribution in [2.45, 2.75) is 33.6 Å². The largest absolute Gasteiger partial charge is 0.338 e. The number of aryl methyl sites for hydroxylation is 1. The topological polar surface area (TPSA) is 61.4 Å². The van der Waals surface area contributed by atoms with Crippen LogP contribution in [0.15, 0.2) is 30.3 Å². The third kappa shape index (κ3) is 4.63. The first-order valence-corrected chi connectivity index (χ1v) is 9.71. The smallest absolute Gasteiger partial charge is 0.274 e. The van der Waals surface area contributed by atoms with Gasteiger partial charge < -0.3 is 15.1 Å². The molecule has 1 N–H and O–H groups in total. The minimum absolute atomic E-state index is 0.193. The lowest BCUT2D eigenvalue weighted by atomic mass is 10.0. The highest BCUT2D eigenvalue weighted by molar-refractivity contribution is 6.03. The second-order valence-electron chi connectivity index (χ2n) is 7.31. The van der Waals surface area contributed by atoms with E-state index in [0.717, 1.165) is 49.7 Å². The molecule has 6 nitrogen and oxygen atoms in total. The molecule has 0 bridgehead atoms. The Morgan fingerprint density at radius 3 is 2.52 bits per heavy atom. The molecule has 3 rings (SSSR count). The zero-order valence-corrected chi connectivity index (χ0v) is 16.7. The molecule has 1 saturated heterocycles. The molecule has 2 aromatic rings. The Hall–Kier alpha value is -2.47. The van der Waals surface area contributed by atoms with Crippen LogP contribution >= 0.6 is 0 Å². The van der Waals surface area contributed by atoms with Crippen molar-refractivity contribution in [3.63, 3.8) is 0 Å². The number of carbonyl (C=O) groups excluding carboxylic acids is 1. The number of hydrogen-bond acceptors (Lipinski definition) is 5. The molecule has 0 atom stereocenters. The molecule has 1 aliphatic rings. The van der Waals surface area contributed by atoms with Crippen LogP contribution in [0.5, 0.6) is 0 Å². The standard InChI is InChI=1S/C21H29N5O/c1-5-25-10-12-26(13-11-25)21-22-16(4)14-19(24-21)20(27)23-18-9-7-6-8-17(18)15(2)3/h6-9,14-15H,5,10-13H2,1-4H3,(H,23,27). The van der Waals surface area contributed by atoms with Gasteiger partial charge in [0.2, 0.25) is 5.95 Å². The van der Waals surface area contributed by atoms with Crippen LogP contribution < -0.4 is 10.2 Å². The van der Waals surface area contributed by atoms with E-state index in [2.05, 4.69) is 45.9 Å². The van der Waals surface area contributed by atoms with Gasteiger partial charge in [0.25, 0.3) is 5.91 Å². The predicted molar refractivity (Wildman–Crippen MR) is 110 cm³/mol. The van der Waals surface area contributed by atoms with Crippen molar-refractivity contribution in [1.82, 2.24) is 14.9 Å². The predicted octanol–water partition coefficient (Wildman–Crippen LogP) is 3.30. The molecule has 1 aliphatic heterocycles. The second kappa shape index (κ2) is 8.48.